The summed E-state index contributed by atoms with van der Waals surface area (Å²) in [5, 5.41) is 5.89. The molecule has 1 N–H and O–H groups in total. The van der Waals surface area contributed by atoms with Crippen molar-refractivity contribution in [3.8, 4) is 23.0 Å². The SMILES string of the molecule is CC(C)(C)OC(=O)N1CCC(OCc2cc(Cl)cc(Oc3ccc(Cl)cc3)c2)CC1.Clc1ccc(Oc2cc(Cl)cc(COC3CCNCC3)c2)cc1. The monoisotopic (exact) mass is 802 g/mol. The molecule has 0 saturated carbocycles. The van der Waals surface area contributed by atoms with Gasteiger partial charge in [0.05, 0.1) is 25.4 Å². The van der Waals surface area contributed by atoms with Gasteiger partial charge < -0.3 is 33.9 Å². The number of carbonyl (C=O) groups is 1. The minimum atomic E-state index is -0.483. The molecule has 2 heterocycles. The minimum Gasteiger partial charge on any atom is -0.457 e. The Morgan fingerprint density at radius 1 is 0.623 bits per heavy atom. The van der Waals surface area contributed by atoms with Crippen molar-refractivity contribution in [2.75, 3.05) is 26.2 Å². The normalized spacial score (nSPS) is 15.3. The van der Waals surface area contributed by atoms with Crippen LogP contribution >= 0.6 is 46.4 Å². The molecule has 1 amide bonds. The second kappa shape index (κ2) is 19.9. The van der Waals surface area contributed by atoms with Crippen LogP contribution in [-0.2, 0) is 27.4 Å². The number of benzene rings is 4. The summed E-state index contributed by atoms with van der Waals surface area (Å²) in [7, 11) is 0. The molecular formula is C41H46Cl4N2O6. The number of nitrogens with zero attached hydrogens (tertiary/aromatic N) is 1. The maximum atomic E-state index is 12.2. The lowest BCUT2D eigenvalue weighted by Crippen LogP contribution is -2.43. The van der Waals surface area contributed by atoms with E-state index in [2.05, 4.69) is 5.32 Å². The number of carbonyl (C=O) groups excluding carboxylic acids is 1. The standard InChI is InChI=1S/C23H27Cl2NO4.C18H19Cl2NO2/c1-23(2,3)30-22(27)26-10-8-19(9-11-26)28-15-16-12-18(25)14-21(13-16)29-20-6-4-17(24)5-7-20;19-14-1-3-17(4-2-14)23-18-10-13(9-15(20)11-18)12-22-16-5-7-21-8-6-16/h4-7,12-14,19H,8-11,15H2,1-3H3;1-4,9-11,16,21H,5-8,12H2. The Morgan fingerprint density at radius 2 is 1.06 bits per heavy atom. The fourth-order valence-corrected chi connectivity index (χ4v) is 6.47. The molecule has 0 unspecified atom stereocenters. The molecule has 284 valence electrons. The molecule has 2 aliphatic heterocycles. The van der Waals surface area contributed by atoms with Gasteiger partial charge in [-0.25, -0.2) is 4.79 Å². The minimum absolute atomic E-state index is 0.0864. The van der Waals surface area contributed by atoms with Crippen molar-refractivity contribution in [2.45, 2.75) is 77.5 Å². The number of amides is 1. The summed E-state index contributed by atoms with van der Waals surface area (Å²) in [5.41, 5.74) is 1.46. The van der Waals surface area contributed by atoms with Gasteiger partial charge in [-0.2, -0.15) is 0 Å². The van der Waals surface area contributed by atoms with E-state index in [1.165, 1.54) is 0 Å². The van der Waals surface area contributed by atoms with Gasteiger partial charge in [-0.1, -0.05) is 46.4 Å². The van der Waals surface area contributed by atoms with Crippen LogP contribution in [-0.4, -0.2) is 55.0 Å². The van der Waals surface area contributed by atoms with Gasteiger partial charge in [-0.15, -0.1) is 0 Å². The van der Waals surface area contributed by atoms with Crippen molar-refractivity contribution in [3.05, 3.63) is 116 Å². The summed E-state index contributed by atoms with van der Waals surface area (Å²) in [4.78, 5) is 13.9. The Kier molecular flexibility index (Phi) is 15.4. The highest BCUT2D eigenvalue weighted by atomic mass is 35.5. The maximum absolute atomic E-state index is 12.2. The van der Waals surface area contributed by atoms with Crippen LogP contribution in [0, 0.1) is 0 Å². The smallest absolute Gasteiger partial charge is 0.410 e. The lowest BCUT2D eigenvalue weighted by molar-refractivity contribution is -0.0170. The Morgan fingerprint density at radius 3 is 1.49 bits per heavy atom. The fourth-order valence-electron chi connectivity index (χ4n) is 5.73. The van der Waals surface area contributed by atoms with E-state index in [1.54, 1.807) is 53.4 Å². The molecule has 0 bridgehead atoms. The quantitative estimate of drug-likeness (QED) is 0.171. The molecule has 8 nitrogen and oxygen atoms in total. The van der Waals surface area contributed by atoms with Gasteiger partial charge in [-0.3, -0.25) is 0 Å². The number of piperidine rings is 2. The lowest BCUT2D eigenvalue weighted by atomic mass is 10.1. The number of halogens is 4. The highest BCUT2D eigenvalue weighted by molar-refractivity contribution is 6.31. The largest absolute Gasteiger partial charge is 0.457 e. The lowest BCUT2D eigenvalue weighted by Gasteiger charge is -2.33. The van der Waals surface area contributed by atoms with E-state index in [1.807, 2.05) is 57.2 Å². The third-order valence-electron chi connectivity index (χ3n) is 8.31. The number of hydrogen-bond donors (Lipinski definition) is 1. The predicted molar refractivity (Wildman–Crippen MR) is 212 cm³/mol. The molecule has 4 aromatic rings. The molecule has 0 aliphatic carbocycles. The topological polar surface area (TPSA) is 78.5 Å². The van der Waals surface area contributed by atoms with Crippen LogP contribution < -0.4 is 14.8 Å². The highest BCUT2D eigenvalue weighted by Crippen LogP contribution is 2.30. The van der Waals surface area contributed by atoms with Crippen LogP contribution in [0.15, 0.2) is 84.9 Å². The first kappa shape index (κ1) is 41.0. The van der Waals surface area contributed by atoms with Crippen LogP contribution in [0.4, 0.5) is 4.79 Å². The van der Waals surface area contributed by atoms with Gasteiger partial charge in [-0.05, 0) is 156 Å². The number of rotatable bonds is 10. The molecule has 0 spiro atoms. The van der Waals surface area contributed by atoms with Crippen molar-refractivity contribution in [2.24, 2.45) is 0 Å². The van der Waals surface area contributed by atoms with Crippen LogP contribution in [0.3, 0.4) is 0 Å². The number of likely N-dealkylation sites (tertiary alicyclic amines) is 1. The molecule has 2 aliphatic rings. The third kappa shape index (κ3) is 14.5. The molecular weight excluding hydrogens is 758 g/mol. The zero-order valence-corrected chi connectivity index (χ0v) is 33.2. The summed E-state index contributed by atoms with van der Waals surface area (Å²) >= 11 is 24.2. The van der Waals surface area contributed by atoms with E-state index in [0.717, 1.165) is 55.6 Å². The Bertz CT molecular complexity index is 1750. The van der Waals surface area contributed by atoms with Crippen LogP contribution in [0.2, 0.25) is 20.1 Å². The van der Waals surface area contributed by atoms with E-state index in [9.17, 15) is 4.79 Å². The van der Waals surface area contributed by atoms with Gasteiger partial charge in [0.15, 0.2) is 0 Å². The predicted octanol–water partition coefficient (Wildman–Crippen LogP) is 11.8. The molecule has 12 heteroatoms. The van der Waals surface area contributed by atoms with Crippen molar-refractivity contribution >= 4 is 52.5 Å². The highest BCUT2D eigenvalue weighted by Gasteiger charge is 2.27. The van der Waals surface area contributed by atoms with Gasteiger partial charge in [0, 0.05) is 33.2 Å². The molecule has 2 fully saturated rings. The number of ether oxygens (including phenoxy) is 5. The molecule has 0 aromatic heterocycles. The second-order valence-corrected chi connectivity index (χ2v) is 15.7. The average molecular weight is 805 g/mol. The Balaban J connectivity index is 0.000000211. The molecule has 0 atom stereocenters. The van der Waals surface area contributed by atoms with Crippen molar-refractivity contribution in [1.82, 2.24) is 10.2 Å². The zero-order chi connectivity index (χ0) is 37.8. The molecule has 2 saturated heterocycles. The summed E-state index contributed by atoms with van der Waals surface area (Å²) < 4.78 is 29.2. The van der Waals surface area contributed by atoms with E-state index >= 15 is 0 Å². The molecule has 0 radical (unpaired) electrons. The first-order valence-electron chi connectivity index (χ1n) is 17.7. The Hall–Kier alpha value is -3.21. The van der Waals surface area contributed by atoms with E-state index in [0.29, 0.717) is 69.7 Å². The summed E-state index contributed by atoms with van der Waals surface area (Å²) in [6, 6.07) is 25.6. The van der Waals surface area contributed by atoms with E-state index in [4.69, 9.17) is 70.1 Å². The van der Waals surface area contributed by atoms with Crippen molar-refractivity contribution < 1.29 is 28.5 Å². The summed E-state index contributed by atoms with van der Waals surface area (Å²) in [6.45, 7) is 9.87. The second-order valence-electron chi connectivity index (χ2n) is 13.9. The maximum Gasteiger partial charge on any atom is 0.410 e. The average Bonchev–Trinajstić information content (AvgIpc) is 3.12. The van der Waals surface area contributed by atoms with Gasteiger partial charge in [0.25, 0.3) is 0 Å². The van der Waals surface area contributed by atoms with Crippen LogP contribution in [0.25, 0.3) is 0 Å². The Labute approximate surface area is 332 Å². The first-order chi connectivity index (χ1) is 25.4. The third-order valence-corrected chi connectivity index (χ3v) is 9.25. The molecule has 53 heavy (non-hydrogen) atoms. The summed E-state index contributed by atoms with van der Waals surface area (Å²) in [5.74, 6) is 2.75. The summed E-state index contributed by atoms with van der Waals surface area (Å²) in [6.07, 6.45) is 3.78. The van der Waals surface area contributed by atoms with E-state index < -0.39 is 5.60 Å². The molecule has 6 rings (SSSR count). The van der Waals surface area contributed by atoms with Crippen molar-refractivity contribution in [1.29, 1.82) is 0 Å². The van der Waals surface area contributed by atoms with Crippen LogP contribution in [0.5, 0.6) is 23.0 Å². The zero-order valence-electron chi connectivity index (χ0n) is 30.2. The van der Waals surface area contributed by atoms with Gasteiger partial charge >= 0.3 is 6.09 Å². The van der Waals surface area contributed by atoms with Gasteiger partial charge in [0.1, 0.15) is 28.6 Å². The van der Waals surface area contributed by atoms with Crippen LogP contribution in [0.1, 0.15) is 57.6 Å². The fraction of sp³-hybridized carbons (Fsp3) is 0.390. The molecule has 4 aromatic carbocycles. The number of nitrogens with one attached hydrogen (secondary N) is 1. The first-order valence-corrected chi connectivity index (χ1v) is 19.3. The van der Waals surface area contributed by atoms with Gasteiger partial charge in [0.2, 0.25) is 0 Å². The number of hydrogen-bond acceptors (Lipinski definition) is 7. The van der Waals surface area contributed by atoms with Crippen molar-refractivity contribution in [3.63, 3.8) is 0 Å². The van der Waals surface area contributed by atoms with E-state index in [-0.39, 0.29) is 12.2 Å².